The maximum Gasteiger partial charge on any atom is 0.242 e. The third-order valence-electron chi connectivity index (χ3n) is 3.73. The SMILES string of the molecule is CCCNC(=O)C(C)n1ccc2c1CCCC2N. The van der Waals surface area contributed by atoms with E-state index in [-0.39, 0.29) is 18.0 Å². The van der Waals surface area contributed by atoms with Crippen LogP contribution in [0.5, 0.6) is 0 Å². The Morgan fingerprint density at radius 2 is 2.44 bits per heavy atom. The summed E-state index contributed by atoms with van der Waals surface area (Å²) in [6.45, 7) is 4.75. The molecule has 0 fully saturated rings. The van der Waals surface area contributed by atoms with Crippen LogP contribution in [0.1, 0.15) is 56.5 Å². The van der Waals surface area contributed by atoms with E-state index in [9.17, 15) is 4.79 Å². The predicted molar refractivity (Wildman–Crippen MR) is 72.3 cm³/mol. The second-order valence-corrected chi connectivity index (χ2v) is 5.09. The molecular weight excluding hydrogens is 226 g/mol. The number of amides is 1. The number of nitrogens with zero attached hydrogens (tertiary/aromatic N) is 1. The number of hydrogen-bond acceptors (Lipinski definition) is 2. The zero-order chi connectivity index (χ0) is 13.1. The quantitative estimate of drug-likeness (QED) is 0.856. The Balaban J connectivity index is 2.16. The first kappa shape index (κ1) is 13.1. The maximum atomic E-state index is 12.0. The van der Waals surface area contributed by atoms with Crippen LogP contribution in [0.25, 0.3) is 0 Å². The molecule has 1 amide bonds. The van der Waals surface area contributed by atoms with E-state index in [1.807, 2.05) is 13.1 Å². The van der Waals surface area contributed by atoms with Crippen LogP contribution >= 0.6 is 0 Å². The summed E-state index contributed by atoms with van der Waals surface area (Å²) < 4.78 is 2.08. The molecule has 2 rings (SSSR count). The lowest BCUT2D eigenvalue weighted by Crippen LogP contribution is -2.32. The standard InChI is InChI=1S/C14H23N3O/c1-3-8-16-14(18)10(2)17-9-7-11-12(15)5-4-6-13(11)17/h7,9-10,12H,3-6,8,15H2,1-2H3,(H,16,18). The third kappa shape index (κ3) is 2.43. The number of nitrogens with two attached hydrogens (primary N) is 1. The van der Waals surface area contributed by atoms with Gasteiger partial charge in [-0.25, -0.2) is 0 Å². The lowest BCUT2D eigenvalue weighted by atomic mass is 9.93. The van der Waals surface area contributed by atoms with Crippen LogP contribution in [0.2, 0.25) is 0 Å². The van der Waals surface area contributed by atoms with Crippen molar-refractivity contribution in [3.63, 3.8) is 0 Å². The number of hydrogen-bond donors (Lipinski definition) is 2. The largest absolute Gasteiger partial charge is 0.354 e. The molecule has 0 saturated carbocycles. The summed E-state index contributed by atoms with van der Waals surface area (Å²) in [5, 5.41) is 2.95. The average molecular weight is 249 g/mol. The smallest absolute Gasteiger partial charge is 0.242 e. The first-order chi connectivity index (χ1) is 8.65. The number of carbonyl (C=O) groups excluding carboxylic acids is 1. The van der Waals surface area contributed by atoms with Crippen molar-refractivity contribution in [2.24, 2.45) is 5.73 Å². The van der Waals surface area contributed by atoms with Gasteiger partial charge >= 0.3 is 0 Å². The summed E-state index contributed by atoms with van der Waals surface area (Å²) in [6.07, 6.45) is 6.16. The van der Waals surface area contributed by atoms with Gasteiger partial charge in [-0.3, -0.25) is 4.79 Å². The van der Waals surface area contributed by atoms with Gasteiger partial charge in [-0.15, -0.1) is 0 Å². The number of aromatic nitrogens is 1. The number of fused-ring (bicyclic) bond motifs is 1. The third-order valence-corrected chi connectivity index (χ3v) is 3.73. The van der Waals surface area contributed by atoms with Crippen molar-refractivity contribution < 1.29 is 4.79 Å². The van der Waals surface area contributed by atoms with Crippen LogP contribution in [0.4, 0.5) is 0 Å². The Morgan fingerprint density at radius 3 is 3.17 bits per heavy atom. The summed E-state index contributed by atoms with van der Waals surface area (Å²) in [4.78, 5) is 12.0. The van der Waals surface area contributed by atoms with Gasteiger partial charge in [0.1, 0.15) is 6.04 Å². The lowest BCUT2D eigenvalue weighted by molar-refractivity contribution is -0.123. The second kappa shape index (κ2) is 5.57. The van der Waals surface area contributed by atoms with E-state index in [0.29, 0.717) is 0 Å². The van der Waals surface area contributed by atoms with Crippen molar-refractivity contribution in [1.29, 1.82) is 0 Å². The van der Waals surface area contributed by atoms with Gasteiger partial charge in [-0.1, -0.05) is 6.92 Å². The first-order valence-electron chi connectivity index (χ1n) is 6.88. The van der Waals surface area contributed by atoms with E-state index in [1.165, 1.54) is 11.3 Å². The fraction of sp³-hybridized carbons (Fsp3) is 0.643. The maximum absolute atomic E-state index is 12.0. The van der Waals surface area contributed by atoms with Crippen molar-refractivity contribution in [2.75, 3.05) is 6.54 Å². The van der Waals surface area contributed by atoms with Gasteiger partial charge < -0.3 is 15.6 Å². The van der Waals surface area contributed by atoms with Crippen LogP contribution in [-0.2, 0) is 11.2 Å². The zero-order valence-electron chi connectivity index (χ0n) is 11.3. The summed E-state index contributed by atoms with van der Waals surface area (Å²) >= 11 is 0. The molecule has 0 spiro atoms. The predicted octanol–water partition coefficient (Wildman–Crippen LogP) is 1.91. The highest BCUT2D eigenvalue weighted by molar-refractivity contribution is 5.80. The van der Waals surface area contributed by atoms with E-state index in [4.69, 9.17) is 5.73 Å². The van der Waals surface area contributed by atoms with Crippen LogP contribution in [0, 0.1) is 0 Å². The van der Waals surface area contributed by atoms with Gasteiger partial charge in [0.2, 0.25) is 5.91 Å². The Morgan fingerprint density at radius 1 is 1.67 bits per heavy atom. The average Bonchev–Trinajstić information content (AvgIpc) is 2.80. The summed E-state index contributed by atoms with van der Waals surface area (Å²) in [5.74, 6) is 0.0920. The molecular formula is C14H23N3O. The molecule has 1 aromatic heterocycles. The Kier molecular flexibility index (Phi) is 4.07. The highest BCUT2D eigenvalue weighted by Crippen LogP contribution is 2.30. The van der Waals surface area contributed by atoms with Crippen molar-refractivity contribution in [1.82, 2.24) is 9.88 Å². The summed E-state index contributed by atoms with van der Waals surface area (Å²) in [5.41, 5.74) is 8.56. The molecule has 18 heavy (non-hydrogen) atoms. The fourth-order valence-corrected chi connectivity index (χ4v) is 2.64. The fourth-order valence-electron chi connectivity index (χ4n) is 2.64. The highest BCUT2D eigenvalue weighted by Gasteiger charge is 2.24. The molecule has 1 aliphatic carbocycles. The molecule has 100 valence electrons. The minimum Gasteiger partial charge on any atom is -0.354 e. The van der Waals surface area contributed by atoms with Gasteiger partial charge in [0.15, 0.2) is 0 Å². The van der Waals surface area contributed by atoms with Gasteiger partial charge in [0, 0.05) is 24.5 Å². The minimum atomic E-state index is -0.148. The number of carbonyl (C=O) groups is 1. The molecule has 1 aliphatic rings. The molecule has 0 bridgehead atoms. The first-order valence-corrected chi connectivity index (χ1v) is 6.88. The molecule has 1 heterocycles. The molecule has 2 atom stereocenters. The van der Waals surface area contributed by atoms with Gasteiger partial charge in [-0.05, 0) is 44.2 Å². The molecule has 3 N–H and O–H groups in total. The van der Waals surface area contributed by atoms with E-state index in [0.717, 1.165) is 32.2 Å². The van der Waals surface area contributed by atoms with Crippen LogP contribution < -0.4 is 11.1 Å². The topological polar surface area (TPSA) is 60.0 Å². The normalized spacial score (nSPS) is 20.3. The number of nitrogens with one attached hydrogen (secondary N) is 1. The van der Waals surface area contributed by atoms with Crippen LogP contribution in [-0.4, -0.2) is 17.0 Å². The Labute approximate surface area is 109 Å². The Bertz CT molecular complexity index is 425. The van der Waals surface area contributed by atoms with Crippen molar-refractivity contribution in [3.05, 3.63) is 23.5 Å². The van der Waals surface area contributed by atoms with Crippen LogP contribution in [0.3, 0.4) is 0 Å². The van der Waals surface area contributed by atoms with Crippen molar-refractivity contribution in [3.8, 4) is 0 Å². The lowest BCUT2D eigenvalue weighted by Gasteiger charge is -2.23. The van der Waals surface area contributed by atoms with E-state index in [1.54, 1.807) is 0 Å². The summed E-state index contributed by atoms with van der Waals surface area (Å²) in [6, 6.07) is 2.06. The van der Waals surface area contributed by atoms with E-state index >= 15 is 0 Å². The zero-order valence-corrected chi connectivity index (χ0v) is 11.3. The molecule has 0 aliphatic heterocycles. The van der Waals surface area contributed by atoms with Gasteiger partial charge in [0.25, 0.3) is 0 Å². The van der Waals surface area contributed by atoms with Gasteiger partial charge in [-0.2, -0.15) is 0 Å². The Hall–Kier alpha value is -1.29. The molecule has 0 aromatic carbocycles. The molecule has 2 unspecified atom stereocenters. The molecule has 4 nitrogen and oxygen atoms in total. The number of rotatable bonds is 4. The minimum absolute atomic E-state index is 0.0920. The second-order valence-electron chi connectivity index (χ2n) is 5.09. The molecule has 4 heteroatoms. The monoisotopic (exact) mass is 249 g/mol. The summed E-state index contributed by atoms with van der Waals surface area (Å²) in [7, 11) is 0. The van der Waals surface area contributed by atoms with Crippen LogP contribution in [0.15, 0.2) is 12.3 Å². The van der Waals surface area contributed by atoms with E-state index in [2.05, 4.69) is 22.9 Å². The van der Waals surface area contributed by atoms with E-state index < -0.39 is 0 Å². The van der Waals surface area contributed by atoms with Gasteiger partial charge in [0.05, 0.1) is 0 Å². The molecule has 0 radical (unpaired) electrons. The van der Waals surface area contributed by atoms with Crippen molar-refractivity contribution in [2.45, 2.75) is 51.6 Å². The highest BCUT2D eigenvalue weighted by atomic mass is 16.2. The molecule has 0 saturated heterocycles. The molecule has 1 aromatic rings. The van der Waals surface area contributed by atoms with Crippen molar-refractivity contribution >= 4 is 5.91 Å².